The summed E-state index contributed by atoms with van der Waals surface area (Å²) >= 11 is 0. The lowest BCUT2D eigenvalue weighted by molar-refractivity contribution is -0.120. The molecule has 0 radical (unpaired) electrons. The van der Waals surface area contributed by atoms with Crippen molar-refractivity contribution in [1.29, 1.82) is 0 Å². The molecule has 2 aromatic carbocycles. The standard InChI is InChI=1S/C23H30N2O2/c1-18-11-13-25(14-12-18)17-20-9-7-19(8-10-20)16-24-23(26)15-21-5-3-4-6-22(21)27-2/h3-10,18H,11-17H2,1-2H3,(H,24,26). The summed E-state index contributed by atoms with van der Waals surface area (Å²) in [6.07, 6.45) is 2.93. The van der Waals surface area contributed by atoms with Crippen LogP contribution in [-0.4, -0.2) is 31.0 Å². The predicted molar refractivity (Wildman–Crippen MR) is 109 cm³/mol. The minimum Gasteiger partial charge on any atom is -0.496 e. The van der Waals surface area contributed by atoms with Gasteiger partial charge in [-0.05, 0) is 49.0 Å². The van der Waals surface area contributed by atoms with E-state index < -0.39 is 0 Å². The van der Waals surface area contributed by atoms with Gasteiger partial charge in [-0.15, -0.1) is 0 Å². The van der Waals surface area contributed by atoms with Crippen LogP contribution in [-0.2, 0) is 24.3 Å². The minimum atomic E-state index is 0.00557. The van der Waals surface area contributed by atoms with Crippen LogP contribution in [0.4, 0.5) is 0 Å². The zero-order valence-electron chi connectivity index (χ0n) is 16.4. The third-order valence-corrected chi connectivity index (χ3v) is 5.34. The van der Waals surface area contributed by atoms with Crippen LogP contribution in [0, 0.1) is 5.92 Å². The fourth-order valence-corrected chi connectivity index (χ4v) is 3.53. The molecule has 0 aliphatic carbocycles. The smallest absolute Gasteiger partial charge is 0.224 e. The first-order valence-corrected chi connectivity index (χ1v) is 9.83. The van der Waals surface area contributed by atoms with Crippen LogP contribution >= 0.6 is 0 Å². The highest BCUT2D eigenvalue weighted by Crippen LogP contribution is 2.19. The largest absolute Gasteiger partial charge is 0.496 e. The van der Waals surface area contributed by atoms with Crippen LogP contribution in [0.15, 0.2) is 48.5 Å². The third-order valence-electron chi connectivity index (χ3n) is 5.34. The number of hydrogen-bond acceptors (Lipinski definition) is 3. The van der Waals surface area contributed by atoms with Crippen molar-refractivity contribution in [2.75, 3.05) is 20.2 Å². The Kier molecular flexibility index (Phi) is 6.88. The van der Waals surface area contributed by atoms with E-state index in [1.165, 1.54) is 31.5 Å². The summed E-state index contributed by atoms with van der Waals surface area (Å²) in [6.45, 7) is 6.31. The highest BCUT2D eigenvalue weighted by molar-refractivity contribution is 5.79. The molecule has 0 atom stereocenters. The topological polar surface area (TPSA) is 41.6 Å². The number of hydrogen-bond donors (Lipinski definition) is 1. The Bertz CT molecular complexity index is 734. The Morgan fingerprint density at radius 2 is 1.74 bits per heavy atom. The van der Waals surface area contributed by atoms with Crippen molar-refractivity contribution >= 4 is 5.91 Å². The number of carbonyl (C=O) groups excluding carboxylic acids is 1. The van der Waals surface area contributed by atoms with Crippen LogP contribution in [0.3, 0.4) is 0 Å². The van der Waals surface area contributed by atoms with Gasteiger partial charge in [-0.3, -0.25) is 9.69 Å². The van der Waals surface area contributed by atoms with Gasteiger partial charge in [-0.2, -0.15) is 0 Å². The average Bonchev–Trinajstić information content (AvgIpc) is 2.69. The molecule has 4 heteroatoms. The fourth-order valence-electron chi connectivity index (χ4n) is 3.53. The van der Waals surface area contributed by atoms with Crippen molar-refractivity contribution in [3.8, 4) is 5.75 Å². The van der Waals surface area contributed by atoms with E-state index in [9.17, 15) is 4.79 Å². The lowest BCUT2D eigenvalue weighted by Crippen LogP contribution is -2.32. The molecule has 0 aromatic heterocycles. The summed E-state index contributed by atoms with van der Waals surface area (Å²) in [4.78, 5) is 14.8. The molecule has 0 unspecified atom stereocenters. The quantitative estimate of drug-likeness (QED) is 0.811. The Morgan fingerprint density at radius 3 is 2.44 bits per heavy atom. The second-order valence-electron chi connectivity index (χ2n) is 7.54. The molecule has 144 valence electrons. The maximum absolute atomic E-state index is 12.2. The zero-order valence-corrected chi connectivity index (χ0v) is 16.4. The first-order chi connectivity index (χ1) is 13.1. The number of ether oxygens (including phenoxy) is 1. The lowest BCUT2D eigenvalue weighted by Gasteiger charge is -2.30. The van der Waals surface area contributed by atoms with Crippen molar-refractivity contribution in [3.63, 3.8) is 0 Å². The maximum atomic E-state index is 12.2. The van der Waals surface area contributed by atoms with Gasteiger partial charge in [0.25, 0.3) is 0 Å². The van der Waals surface area contributed by atoms with E-state index >= 15 is 0 Å². The molecule has 1 aliphatic heterocycles. The minimum absolute atomic E-state index is 0.00557. The van der Waals surface area contributed by atoms with Crippen LogP contribution in [0.5, 0.6) is 5.75 Å². The van der Waals surface area contributed by atoms with Crippen LogP contribution in [0.25, 0.3) is 0 Å². The van der Waals surface area contributed by atoms with Crippen molar-refractivity contribution in [2.24, 2.45) is 5.92 Å². The Labute approximate surface area is 162 Å². The molecule has 0 spiro atoms. The zero-order chi connectivity index (χ0) is 19.1. The van der Waals surface area contributed by atoms with Crippen molar-refractivity contribution in [2.45, 2.75) is 39.3 Å². The maximum Gasteiger partial charge on any atom is 0.224 e. The molecule has 27 heavy (non-hydrogen) atoms. The number of rotatable bonds is 7. The van der Waals surface area contributed by atoms with Gasteiger partial charge in [0.15, 0.2) is 0 Å². The molecule has 3 rings (SSSR count). The molecular weight excluding hydrogens is 336 g/mol. The number of para-hydroxylation sites is 1. The number of methoxy groups -OCH3 is 1. The van der Waals surface area contributed by atoms with Gasteiger partial charge in [0.1, 0.15) is 5.75 Å². The number of piperidine rings is 1. The molecule has 0 bridgehead atoms. The van der Waals surface area contributed by atoms with E-state index in [4.69, 9.17) is 4.74 Å². The number of benzene rings is 2. The Morgan fingerprint density at radius 1 is 1.07 bits per heavy atom. The van der Waals surface area contributed by atoms with Gasteiger partial charge in [0.05, 0.1) is 13.5 Å². The molecular formula is C23H30N2O2. The summed E-state index contributed by atoms with van der Waals surface area (Å²) < 4.78 is 5.31. The van der Waals surface area contributed by atoms with E-state index in [1.54, 1.807) is 7.11 Å². The molecule has 1 aliphatic rings. The molecule has 1 amide bonds. The number of likely N-dealkylation sites (tertiary alicyclic amines) is 1. The van der Waals surface area contributed by atoms with Crippen LogP contribution in [0.1, 0.15) is 36.5 Å². The molecule has 1 N–H and O–H groups in total. The first-order valence-electron chi connectivity index (χ1n) is 9.83. The summed E-state index contributed by atoms with van der Waals surface area (Å²) in [5, 5.41) is 3.00. The predicted octanol–water partition coefficient (Wildman–Crippen LogP) is 3.79. The average molecular weight is 367 g/mol. The summed E-state index contributed by atoms with van der Waals surface area (Å²) in [6, 6.07) is 16.2. The molecule has 0 saturated carbocycles. The van der Waals surface area contributed by atoms with E-state index in [0.717, 1.165) is 29.3 Å². The van der Waals surface area contributed by atoms with Gasteiger partial charge in [-0.1, -0.05) is 49.4 Å². The summed E-state index contributed by atoms with van der Waals surface area (Å²) in [5.41, 5.74) is 3.37. The van der Waals surface area contributed by atoms with E-state index in [2.05, 4.69) is 41.4 Å². The van der Waals surface area contributed by atoms with Gasteiger partial charge < -0.3 is 10.1 Å². The number of nitrogens with one attached hydrogen (secondary N) is 1. The van der Waals surface area contributed by atoms with Crippen LogP contribution < -0.4 is 10.1 Å². The first kappa shape index (κ1) is 19.4. The van der Waals surface area contributed by atoms with Gasteiger partial charge in [0, 0.05) is 18.7 Å². The van der Waals surface area contributed by atoms with Crippen molar-refractivity contribution in [1.82, 2.24) is 10.2 Å². The van der Waals surface area contributed by atoms with E-state index in [-0.39, 0.29) is 5.91 Å². The second kappa shape index (κ2) is 9.56. The SMILES string of the molecule is COc1ccccc1CC(=O)NCc1ccc(CN2CCC(C)CC2)cc1. The summed E-state index contributed by atoms with van der Waals surface area (Å²) in [5.74, 6) is 1.62. The Hall–Kier alpha value is -2.33. The number of carbonyl (C=O) groups is 1. The summed E-state index contributed by atoms with van der Waals surface area (Å²) in [7, 11) is 1.63. The lowest BCUT2D eigenvalue weighted by atomic mass is 9.99. The fraction of sp³-hybridized carbons (Fsp3) is 0.435. The van der Waals surface area contributed by atoms with E-state index in [0.29, 0.717) is 13.0 Å². The molecule has 4 nitrogen and oxygen atoms in total. The van der Waals surface area contributed by atoms with Gasteiger partial charge >= 0.3 is 0 Å². The highest BCUT2D eigenvalue weighted by atomic mass is 16.5. The molecule has 1 fully saturated rings. The second-order valence-corrected chi connectivity index (χ2v) is 7.54. The monoisotopic (exact) mass is 366 g/mol. The molecule has 1 heterocycles. The van der Waals surface area contributed by atoms with E-state index in [1.807, 2.05) is 24.3 Å². The van der Waals surface area contributed by atoms with Crippen LogP contribution in [0.2, 0.25) is 0 Å². The number of amides is 1. The number of nitrogens with zero attached hydrogens (tertiary/aromatic N) is 1. The normalized spacial score (nSPS) is 15.5. The van der Waals surface area contributed by atoms with Gasteiger partial charge in [-0.25, -0.2) is 0 Å². The third kappa shape index (κ3) is 5.83. The van der Waals surface area contributed by atoms with Crippen molar-refractivity contribution in [3.05, 3.63) is 65.2 Å². The highest BCUT2D eigenvalue weighted by Gasteiger charge is 2.15. The Balaban J connectivity index is 1.46. The van der Waals surface area contributed by atoms with Crippen molar-refractivity contribution < 1.29 is 9.53 Å². The molecule has 2 aromatic rings. The molecule has 1 saturated heterocycles. The van der Waals surface area contributed by atoms with Gasteiger partial charge in [0.2, 0.25) is 5.91 Å².